The van der Waals surface area contributed by atoms with Gasteiger partial charge >= 0.3 is 0 Å². The van der Waals surface area contributed by atoms with Crippen molar-refractivity contribution in [3.05, 3.63) is 22.6 Å². The van der Waals surface area contributed by atoms with Crippen molar-refractivity contribution in [1.82, 2.24) is 5.32 Å². The summed E-state index contributed by atoms with van der Waals surface area (Å²) in [5.41, 5.74) is 0. The van der Waals surface area contributed by atoms with E-state index in [-0.39, 0.29) is 17.0 Å². The van der Waals surface area contributed by atoms with E-state index in [2.05, 4.69) is 21.2 Å². The van der Waals surface area contributed by atoms with Gasteiger partial charge in [-0.25, -0.2) is 0 Å². The second kappa shape index (κ2) is 6.15. The predicted molar refractivity (Wildman–Crippen MR) is 60.3 cm³/mol. The zero-order valence-electron chi connectivity index (χ0n) is 8.13. The van der Waals surface area contributed by atoms with E-state index < -0.39 is 0 Å². The minimum atomic E-state index is -0.289. The lowest BCUT2D eigenvalue weighted by Gasteiger charge is -2.08. The van der Waals surface area contributed by atoms with Crippen LogP contribution in [0.15, 0.2) is 21.2 Å². The van der Waals surface area contributed by atoms with Gasteiger partial charge in [-0.3, -0.25) is 4.79 Å². The van der Waals surface area contributed by atoms with Crippen LogP contribution in [-0.2, 0) is 4.74 Å². The molecule has 0 bridgehead atoms. The molecule has 4 nitrogen and oxygen atoms in total. The summed E-state index contributed by atoms with van der Waals surface area (Å²) >= 11 is 8.95. The van der Waals surface area contributed by atoms with Crippen molar-refractivity contribution >= 4 is 33.4 Å². The molecule has 0 spiro atoms. The van der Waals surface area contributed by atoms with Gasteiger partial charge in [0.05, 0.1) is 12.0 Å². The summed E-state index contributed by atoms with van der Waals surface area (Å²) in [5.74, 6) is -0.0365. The number of furan rings is 1. The number of hydrogen-bond donors (Lipinski definition) is 1. The Kier molecular flexibility index (Phi) is 5.14. The van der Waals surface area contributed by atoms with Crippen LogP contribution in [0.1, 0.15) is 10.6 Å². The Morgan fingerprint density at radius 2 is 2.47 bits per heavy atom. The average molecular weight is 297 g/mol. The molecule has 1 N–H and O–H groups in total. The lowest BCUT2D eigenvalue weighted by molar-refractivity contribution is 0.0920. The SMILES string of the molecule is COCC(Cl)CNC(=O)c1ccc(Br)o1. The third-order valence-electron chi connectivity index (χ3n) is 1.63. The van der Waals surface area contributed by atoms with Gasteiger partial charge in [-0.15, -0.1) is 11.6 Å². The number of methoxy groups -OCH3 is 1. The zero-order valence-corrected chi connectivity index (χ0v) is 10.5. The van der Waals surface area contributed by atoms with Gasteiger partial charge in [-0.05, 0) is 28.1 Å². The fraction of sp³-hybridized carbons (Fsp3) is 0.444. The monoisotopic (exact) mass is 295 g/mol. The van der Waals surface area contributed by atoms with Crippen LogP contribution >= 0.6 is 27.5 Å². The van der Waals surface area contributed by atoms with Crippen LogP contribution in [0.5, 0.6) is 0 Å². The highest BCUT2D eigenvalue weighted by Gasteiger charge is 2.12. The second-order valence-corrected chi connectivity index (χ2v) is 4.27. The van der Waals surface area contributed by atoms with Crippen LogP contribution < -0.4 is 5.32 Å². The topological polar surface area (TPSA) is 51.5 Å². The Hall–Kier alpha value is -0.520. The molecule has 0 fully saturated rings. The van der Waals surface area contributed by atoms with Crippen LogP contribution in [-0.4, -0.2) is 31.5 Å². The first kappa shape index (κ1) is 12.5. The molecule has 0 aliphatic carbocycles. The highest BCUT2D eigenvalue weighted by molar-refractivity contribution is 9.10. The Morgan fingerprint density at radius 1 is 1.73 bits per heavy atom. The van der Waals surface area contributed by atoms with Gasteiger partial charge in [0.25, 0.3) is 5.91 Å². The Bertz CT molecular complexity index is 329. The van der Waals surface area contributed by atoms with E-state index in [9.17, 15) is 4.79 Å². The van der Waals surface area contributed by atoms with Gasteiger partial charge in [0.2, 0.25) is 0 Å². The van der Waals surface area contributed by atoms with Crippen molar-refractivity contribution in [2.24, 2.45) is 0 Å². The van der Waals surface area contributed by atoms with Crippen molar-refractivity contribution in [1.29, 1.82) is 0 Å². The van der Waals surface area contributed by atoms with Crippen LogP contribution in [0, 0.1) is 0 Å². The molecule has 0 aliphatic rings. The van der Waals surface area contributed by atoms with Gasteiger partial charge in [-0.2, -0.15) is 0 Å². The number of carbonyl (C=O) groups excluding carboxylic acids is 1. The van der Waals surface area contributed by atoms with E-state index in [4.69, 9.17) is 20.8 Å². The molecule has 1 atom stereocenters. The second-order valence-electron chi connectivity index (χ2n) is 2.87. The number of halogens is 2. The molecule has 1 heterocycles. The minimum Gasteiger partial charge on any atom is -0.444 e. The Labute approximate surface area is 101 Å². The van der Waals surface area contributed by atoms with E-state index in [0.717, 1.165) is 0 Å². The molecular weight excluding hydrogens is 285 g/mol. The molecule has 1 aromatic rings. The molecule has 15 heavy (non-hydrogen) atoms. The van der Waals surface area contributed by atoms with Crippen LogP contribution in [0.4, 0.5) is 0 Å². The highest BCUT2D eigenvalue weighted by Crippen LogP contribution is 2.13. The van der Waals surface area contributed by atoms with E-state index >= 15 is 0 Å². The van der Waals surface area contributed by atoms with Crippen LogP contribution in [0.25, 0.3) is 0 Å². The Morgan fingerprint density at radius 3 is 3.00 bits per heavy atom. The van der Waals surface area contributed by atoms with E-state index in [1.54, 1.807) is 19.2 Å². The smallest absolute Gasteiger partial charge is 0.287 e. The van der Waals surface area contributed by atoms with Crippen LogP contribution in [0.2, 0.25) is 0 Å². The first-order valence-electron chi connectivity index (χ1n) is 4.30. The van der Waals surface area contributed by atoms with Crippen molar-refractivity contribution in [2.45, 2.75) is 5.38 Å². The number of nitrogens with one attached hydrogen (secondary N) is 1. The molecule has 84 valence electrons. The molecule has 6 heteroatoms. The fourth-order valence-electron chi connectivity index (χ4n) is 0.967. The summed E-state index contributed by atoms with van der Waals surface area (Å²) in [7, 11) is 1.56. The number of alkyl halides is 1. The first-order chi connectivity index (χ1) is 7.13. The number of ether oxygens (including phenoxy) is 1. The molecule has 1 rings (SSSR count). The largest absolute Gasteiger partial charge is 0.444 e. The number of carbonyl (C=O) groups is 1. The van der Waals surface area contributed by atoms with E-state index in [1.165, 1.54) is 0 Å². The highest BCUT2D eigenvalue weighted by atomic mass is 79.9. The third kappa shape index (κ3) is 4.24. The standard InChI is InChI=1S/C9H11BrClNO3/c1-14-5-6(11)4-12-9(13)7-2-3-8(10)15-7/h2-3,6H,4-5H2,1H3,(H,12,13). The van der Waals surface area contributed by atoms with Gasteiger partial charge in [-0.1, -0.05) is 0 Å². The van der Waals surface area contributed by atoms with Crippen LogP contribution in [0.3, 0.4) is 0 Å². The molecule has 0 saturated heterocycles. The average Bonchev–Trinajstić information content (AvgIpc) is 2.62. The van der Waals surface area contributed by atoms with Crippen molar-refractivity contribution < 1.29 is 13.9 Å². The summed E-state index contributed by atoms with van der Waals surface area (Å²) in [6.07, 6.45) is 0. The quantitative estimate of drug-likeness (QED) is 0.846. The maximum absolute atomic E-state index is 11.4. The Balaban J connectivity index is 2.36. The summed E-state index contributed by atoms with van der Waals surface area (Å²) in [6, 6.07) is 3.24. The molecule has 0 aliphatic heterocycles. The van der Waals surface area contributed by atoms with Gasteiger partial charge in [0.15, 0.2) is 10.4 Å². The molecule has 1 unspecified atom stereocenters. The zero-order chi connectivity index (χ0) is 11.3. The maximum Gasteiger partial charge on any atom is 0.287 e. The van der Waals surface area contributed by atoms with Crippen molar-refractivity contribution in [3.63, 3.8) is 0 Å². The normalized spacial score (nSPS) is 12.5. The van der Waals surface area contributed by atoms with Gasteiger partial charge < -0.3 is 14.5 Å². The summed E-state index contributed by atoms with van der Waals surface area (Å²) in [5, 5.41) is 2.39. The first-order valence-corrected chi connectivity index (χ1v) is 5.53. The summed E-state index contributed by atoms with van der Waals surface area (Å²) in [6.45, 7) is 0.732. The fourth-order valence-corrected chi connectivity index (χ4v) is 1.48. The van der Waals surface area contributed by atoms with E-state index in [0.29, 0.717) is 17.8 Å². The lowest BCUT2D eigenvalue weighted by Crippen LogP contribution is -2.31. The number of hydrogen-bond acceptors (Lipinski definition) is 3. The molecular formula is C9H11BrClNO3. The molecule has 0 radical (unpaired) electrons. The number of rotatable bonds is 5. The molecule has 0 aromatic carbocycles. The van der Waals surface area contributed by atoms with Gasteiger partial charge in [0.1, 0.15) is 0 Å². The molecule has 1 aromatic heterocycles. The van der Waals surface area contributed by atoms with Crippen molar-refractivity contribution in [3.8, 4) is 0 Å². The van der Waals surface area contributed by atoms with E-state index in [1.807, 2.05) is 0 Å². The van der Waals surface area contributed by atoms with Crippen molar-refractivity contribution in [2.75, 3.05) is 20.3 Å². The predicted octanol–water partition coefficient (Wildman–Crippen LogP) is 2.03. The van der Waals surface area contributed by atoms with Gasteiger partial charge in [0, 0.05) is 13.7 Å². The summed E-state index contributed by atoms with van der Waals surface area (Å²) < 4.78 is 10.4. The molecule has 0 saturated carbocycles. The molecule has 1 amide bonds. The third-order valence-corrected chi connectivity index (χ3v) is 2.34. The lowest BCUT2D eigenvalue weighted by atomic mass is 10.4. The maximum atomic E-state index is 11.4. The summed E-state index contributed by atoms with van der Waals surface area (Å²) in [4.78, 5) is 11.4. The number of amides is 1. The minimum absolute atomic E-state index is 0.239.